The minimum Gasteiger partial charge on any atom is -0.248 e. The van der Waals surface area contributed by atoms with Crippen molar-refractivity contribution in [2.75, 3.05) is 0 Å². The summed E-state index contributed by atoms with van der Waals surface area (Å²) < 4.78 is 1.66. The van der Waals surface area contributed by atoms with Crippen molar-refractivity contribution in [2.45, 2.75) is 0 Å². The van der Waals surface area contributed by atoms with Crippen molar-refractivity contribution in [3.05, 3.63) is 108 Å². The molecule has 5 rings (SSSR count). The van der Waals surface area contributed by atoms with E-state index in [1.807, 2.05) is 66.9 Å². The third-order valence-corrected chi connectivity index (χ3v) is 4.91. The maximum absolute atomic E-state index is 4.67. The molecule has 0 atom stereocenters. The number of rotatable bonds is 5. The Hall–Kier alpha value is -4.38. The third kappa shape index (κ3) is 4.31. The van der Waals surface area contributed by atoms with Crippen molar-refractivity contribution in [1.82, 2.24) is 25.2 Å². The van der Waals surface area contributed by atoms with Gasteiger partial charge in [0.05, 0.1) is 11.2 Å². The van der Waals surface area contributed by atoms with Crippen LogP contribution in [0.15, 0.2) is 91.0 Å². The molecule has 0 radical (unpaired) electrons. The molecule has 3 aromatic carbocycles. The Kier molecular flexibility index (Phi) is 5.14. The molecule has 0 aliphatic carbocycles. The fourth-order valence-corrected chi connectivity index (χ4v) is 3.34. The second-order valence-electron chi connectivity index (χ2n) is 7.06. The fourth-order valence-electron chi connectivity index (χ4n) is 3.34. The molecular formula is C26H19N5. The highest BCUT2D eigenvalue weighted by atomic mass is 15.5. The third-order valence-electron chi connectivity index (χ3n) is 4.91. The zero-order valence-electron chi connectivity index (χ0n) is 16.7. The topological polar surface area (TPSA) is 56.5 Å². The van der Waals surface area contributed by atoms with E-state index in [2.05, 4.69) is 69.1 Å². The van der Waals surface area contributed by atoms with E-state index < -0.39 is 0 Å². The average Bonchev–Trinajstić information content (AvgIpc) is 3.31. The average molecular weight is 401 g/mol. The Bertz CT molecular complexity index is 1380. The van der Waals surface area contributed by atoms with E-state index in [9.17, 15) is 0 Å². The van der Waals surface area contributed by atoms with Crippen LogP contribution in [0.3, 0.4) is 0 Å². The molecule has 0 N–H and O–H groups in total. The second kappa shape index (κ2) is 8.55. The molecule has 5 heteroatoms. The van der Waals surface area contributed by atoms with Gasteiger partial charge >= 0.3 is 0 Å². The van der Waals surface area contributed by atoms with Crippen molar-refractivity contribution < 1.29 is 0 Å². The fraction of sp³-hybridized carbons (Fsp3) is 0. The first kappa shape index (κ1) is 18.6. The van der Waals surface area contributed by atoms with Gasteiger partial charge in [0.15, 0.2) is 5.82 Å². The summed E-state index contributed by atoms with van der Waals surface area (Å²) in [4.78, 5) is 4.67. The molecule has 2 aromatic heterocycles. The largest absolute Gasteiger partial charge is 0.248 e. The van der Waals surface area contributed by atoms with E-state index in [-0.39, 0.29) is 0 Å². The minimum absolute atomic E-state index is 0.673. The van der Waals surface area contributed by atoms with Gasteiger partial charge in [-0.3, -0.25) is 0 Å². The normalized spacial score (nSPS) is 11.6. The molecule has 2 heterocycles. The molecule has 0 saturated carbocycles. The number of hydrogen-bond acceptors (Lipinski definition) is 4. The van der Waals surface area contributed by atoms with Gasteiger partial charge in [0.2, 0.25) is 0 Å². The molecule has 5 nitrogen and oxygen atoms in total. The van der Waals surface area contributed by atoms with Gasteiger partial charge in [-0.2, -0.15) is 4.68 Å². The molecule has 0 aliphatic heterocycles. The molecule has 0 bridgehead atoms. The zero-order valence-corrected chi connectivity index (χ0v) is 16.7. The molecule has 0 aliphatic rings. The Balaban J connectivity index is 1.40. The van der Waals surface area contributed by atoms with Crippen molar-refractivity contribution in [1.29, 1.82) is 0 Å². The number of benzene rings is 3. The summed E-state index contributed by atoms with van der Waals surface area (Å²) in [6.45, 7) is 0. The Morgan fingerprint density at radius 1 is 0.677 bits per heavy atom. The van der Waals surface area contributed by atoms with Crippen LogP contribution in [-0.4, -0.2) is 25.2 Å². The van der Waals surface area contributed by atoms with Gasteiger partial charge < -0.3 is 0 Å². The predicted octanol–water partition coefficient (Wildman–Crippen LogP) is 5.69. The van der Waals surface area contributed by atoms with E-state index in [0.29, 0.717) is 5.82 Å². The maximum Gasteiger partial charge on any atom is 0.186 e. The number of pyridine rings is 1. The molecule has 0 spiro atoms. The van der Waals surface area contributed by atoms with Gasteiger partial charge in [-0.1, -0.05) is 84.9 Å². The van der Waals surface area contributed by atoms with Crippen LogP contribution in [-0.2, 0) is 0 Å². The maximum atomic E-state index is 4.67. The van der Waals surface area contributed by atoms with Gasteiger partial charge in [0, 0.05) is 17.1 Å². The highest BCUT2D eigenvalue weighted by Gasteiger charge is 2.07. The lowest BCUT2D eigenvalue weighted by atomic mass is 10.1. The standard InChI is InChI=1S/C26H19N5/c1-2-7-20(8-3-1)13-14-21-9-6-11-23(19-21)26-28-29-30-31(26)18-17-24-16-15-22-10-4-5-12-25(22)27-24/h1-19H/b14-13?,18-17-. The molecular weight excluding hydrogens is 382 g/mol. The van der Waals surface area contributed by atoms with Crippen LogP contribution in [0, 0.1) is 0 Å². The highest BCUT2D eigenvalue weighted by Crippen LogP contribution is 2.20. The van der Waals surface area contributed by atoms with Crippen LogP contribution in [0.25, 0.3) is 46.7 Å². The van der Waals surface area contributed by atoms with E-state index in [0.717, 1.165) is 33.3 Å². The first-order valence-electron chi connectivity index (χ1n) is 10.0. The van der Waals surface area contributed by atoms with Crippen LogP contribution in [0.5, 0.6) is 0 Å². The van der Waals surface area contributed by atoms with E-state index >= 15 is 0 Å². The molecule has 0 saturated heterocycles. The summed E-state index contributed by atoms with van der Waals surface area (Å²) in [6, 6.07) is 30.5. The number of nitrogens with zero attached hydrogens (tertiary/aromatic N) is 5. The lowest BCUT2D eigenvalue weighted by Gasteiger charge is -2.02. The van der Waals surface area contributed by atoms with Crippen LogP contribution >= 0.6 is 0 Å². The molecule has 31 heavy (non-hydrogen) atoms. The van der Waals surface area contributed by atoms with Crippen molar-refractivity contribution in [3.8, 4) is 11.4 Å². The van der Waals surface area contributed by atoms with Gasteiger partial charge in [0.1, 0.15) is 0 Å². The molecule has 0 amide bonds. The lowest BCUT2D eigenvalue weighted by molar-refractivity contribution is 0.821. The second-order valence-corrected chi connectivity index (χ2v) is 7.06. The van der Waals surface area contributed by atoms with E-state index in [4.69, 9.17) is 0 Å². The highest BCUT2D eigenvalue weighted by molar-refractivity contribution is 5.80. The number of para-hydroxylation sites is 1. The summed E-state index contributed by atoms with van der Waals surface area (Å²) in [5, 5.41) is 13.3. The SMILES string of the molecule is C(=Cc1cccc(-c2nnnn2/C=C\c2ccc3ccccc3n2)c1)c1ccccc1. The quantitative estimate of drug-likeness (QED) is 0.355. The van der Waals surface area contributed by atoms with Crippen LogP contribution in [0.1, 0.15) is 16.8 Å². The van der Waals surface area contributed by atoms with E-state index in [1.54, 1.807) is 4.68 Å². The van der Waals surface area contributed by atoms with Gasteiger partial charge in [-0.25, -0.2) is 4.98 Å². The number of tetrazole rings is 1. The summed E-state index contributed by atoms with van der Waals surface area (Å²) in [5.74, 6) is 0.673. The van der Waals surface area contributed by atoms with Gasteiger partial charge in [-0.05, 0) is 45.8 Å². The van der Waals surface area contributed by atoms with E-state index in [1.165, 1.54) is 0 Å². The summed E-state index contributed by atoms with van der Waals surface area (Å²) in [5.41, 5.74) is 4.98. The smallest absolute Gasteiger partial charge is 0.186 e. The van der Waals surface area contributed by atoms with Crippen molar-refractivity contribution in [2.24, 2.45) is 0 Å². The van der Waals surface area contributed by atoms with Crippen LogP contribution < -0.4 is 0 Å². The predicted molar refractivity (Wildman–Crippen MR) is 126 cm³/mol. The van der Waals surface area contributed by atoms with Crippen molar-refractivity contribution in [3.63, 3.8) is 0 Å². The summed E-state index contributed by atoms with van der Waals surface area (Å²) in [7, 11) is 0. The molecule has 148 valence electrons. The first-order valence-corrected chi connectivity index (χ1v) is 10.0. The Morgan fingerprint density at radius 3 is 2.42 bits per heavy atom. The Morgan fingerprint density at radius 2 is 1.48 bits per heavy atom. The molecule has 0 unspecified atom stereocenters. The summed E-state index contributed by atoms with van der Waals surface area (Å²) >= 11 is 0. The minimum atomic E-state index is 0.673. The zero-order chi connectivity index (χ0) is 20.9. The van der Waals surface area contributed by atoms with Crippen molar-refractivity contribution >= 4 is 35.3 Å². The molecule has 0 fully saturated rings. The molecule has 5 aromatic rings. The van der Waals surface area contributed by atoms with Gasteiger partial charge in [-0.15, -0.1) is 5.10 Å². The Labute approximate surface area is 180 Å². The van der Waals surface area contributed by atoms with Gasteiger partial charge in [0.25, 0.3) is 0 Å². The number of aromatic nitrogens is 5. The lowest BCUT2D eigenvalue weighted by Crippen LogP contribution is -1.94. The summed E-state index contributed by atoms with van der Waals surface area (Å²) in [6.07, 6.45) is 7.92. The monoisotopic (exact) mass is 401 g/mol. The number of fused-ring (bicyclic) bond motifs is 1. The van der Waals surface area contributed by atoms with Crippen LogP contribution in [0.2, 0.25) is 0 Å². The first-order chi connectivity index (χ1) is 15.3. The number of hydrogen-bond donors (Lipinski definition) is 0. The van der Waals surface area contributed by atoms with Crippen LogP contribution in [0.4, 0.5) is 0 Å².